The molecule has 1 unspecified atom stereocenters. The lowest BCUT2D eigenvalue weighted by Crippen LogP contribution is -2.19. The molecule has 0 fully saturated rings. The first-order chi connectivity index (χ1) is 17.0. The number of ether oxygens (including phenoxy) is 1. The molecule has 0 aliphatic carbocycles. The summed E-state index contributed by atoms with van der Waals surface area (Å²) in [5.74, 6) is 0.275. The van der Waals surface area contributed by atoms with E-state index in [1.54, 1.807) is 31.4 Å². The van der Waals surface area contributed by atoms with Crippen molar-refractivity contribution >= 4 is 35.0 Å². The Morgan fingerprint density at radius 2 is 1.54 bits per heavy atom. The number of hydrogen-bond donors (Lipinski definition) is 2. The molecule has 5 nitrogen and oxygen atoms in total. The molecule has 176 valence electrons. The van der Waals surface area contributed by atoms with Crippen LogP contribution in [0.3, 0.4) is 0 Å². The van der Waals surface area contributed by atoms with E-state index in [0.717, 1.165) is 21.7 Å². The Morgan fingerprint density at radius 1 is 0.800 bits per heavy atom. The zero-order chi connectivity index (χ0) is 24.6. The first-order valence-electron chi connectivity index (χ1n) is 11.2. The van der Waals surface area contributed by atoms with Gasteiger partial charge in [-0.25, -0.2) is 0 Å². The number of carbonyl (C=O) groups is 2. The van der Waals surface area contributed by atoms with E-state index in [1.165, 1.54) is 11.8 Å². The van der Waals surface area contributed by atoms with E-state index in [9.17, 15) is 9.59 Å². The topological polar surface area (TPSA) is 67.4 Å². The molecule has 0 heterocycles. The van der Waals surface area contributed by atoms with Crippen LogP contribution >= 0.6 is 11.8 Å². The largest absolute Gasteiger partial charge is 0.497 e. The van der Waals surface area contributed by atoms with Gasteiger partial charge in [0.05, 0.1) is 7.11 Å². The minimum atomic E-state index is -0.472. The normalized spacial score (nSPS) is 11.4. The van der Waals surface area contributed by atoms with Gasteiger partial charge in [-0.15, -0.1) is 11.8 Å². The highest BCUT2D eigenvalue weighted by atomic mass is 32.2. The van der Waals surface area contributed by atoms with Crippen molar-refractivity contribution < 1.29 is 14.3 Å². The Hall–Kier alpha value is -4.03. The van der Waals surface area contributed by atoms with Crippen LogP contribution in [-0.4, -0.2) is 18.9 Å². The molecule has 2 amide bonds. The lowest BCUT2D eigenvalue weighted by Gasteiger charge is -2.18. The predicted octanol–water partition coefficient (Wildman–Crippen LogP) is 6.73. The molecule has 6 heteroatoms. The van der Waals surface area contributed by atoms with Gasteiger partial charge in [-0.3, -0.25) is 9.59 Å². The number of anilines is 2. The maximum absolute atomic E-state index is 13.4. The second-order valence-corrected chi connectivity index (χ2v) is 9.11. The third-order valence-electron chi connectivity index (χ3n) is 5.42. The van der Waals surface area contributed by atoms with Gasteiger partial charge in [0.15, 0.2) is 0 Å². The molecule has 0 saturated carbocycles. The Bertz CT molecular complexity index is 1320. The van der Waals surface area contributed by atoms with E-state index < -0.39 is 5.25 Å². The number of para-hydroxylation sites is 1. The number of methoxy groups -OCH3 is 1. The first kappa shape index (κ1) is 24.1. The van der Waals surface area contributed by atoms with Crippen LogP contribution in [0.25, 0.3) is 0 Å². The minimum Gasteiger partial charge on any atom is -0.497 e. The van der Waals surface area contributed by atoms with E-state index >= 15 is 0 Å². The minimum absolute atomic E-state index is 0.110. The summed E-state index contributed by atoms with van der Waals surface area (Å²) in [4.78, 5) is 27.0. The van der Waals surface area contributed by atoms with E-state index in [1.807, 2.05) is 85.8 Å². The van der Waals surface area contributed by atoms with Gasteiger partial charge >= 0.3 is 0 Å². The Morgan fingerprint density at radius 3 is 2.31 bits per heavy atom. The van der Waals surface area contributed by atoms with Crippen molar-refractivity contribution in [1.29, 1.82) is 0 Å². The third-order valence-corrected chi connectivity index (χ3v) is 6.67. The van der Waals surface area contributed by atoms with Crippen LogP contribution < -0.4 is 15.4 Å². The maximum Gasteiger partial charge on any atom is 0.255 e. The quantitative estimate of drug-likeness (QED) is 0.273. The molecule has 2 N–H and O–H groups in total. The summed E-state index contributed by atoms with van der Waals surface area (Å²) in [6, 6.07) is 31.9. The van der Waals surface area contributed by atoms with Crippen LogP contribution in [0.5, 0.6) is 5.75 Å². The van der Waals surface area contributed by atoms with Crippen LogP contribution in [0.1, 0.15) is 26.7 Å². The number of rotatable bonds is 8. The van der Waals surface area contributed by atoms with E-state index in [0.29, 0.717) is 17.0 Å². The van der Waals surface area contributed by atoms with Gasteiger partial charge in [-0.1, -0.05) is 60.7 Å². The van der Waals surface area contributed by atoms with Gasteiger partial charge in [-0.2, -0.15) is 0 Å². The summed E-state index contributed by atoms with van der Waals surface area (Å²) in [6.07, 6.45) is 0. The van der Waals surface area contributed by atoms with Crippen LogP contribution in [0.15, 0.2) is 108 Å². The van der Waals surface area contributed by atoms with Crippen LogP contribution in [0.4, 0.5) is 11.4 Å². The number of benzene rings is 4. The summed E-state index contributed by atoms with van der Waals surface area (Å²) in [6.45, 7) is 1.97. The van der Waals surface area contributed by atoms with Crippen molar-refractivity contribution in [3.63, 3.8) is 0 Å². The molecule has 4 rings (SSSR count). The van der Waals surface area contributed by atoms with Crippen LogP contribution in [0, 0.1) is 6.92 Å². The van der Waals surface area contributed by atoms with Gasteiger partial charge < -0.3 is 15.4 Å². The summed E-state index contributed by atoms with van der Waals surface area (Å²) < 4.78 is 5.21. The predicted molar refractivity (Wildman–Crippen MR) is 142 cm³/mol. The molecule has 1 atom stereocenters. The van der Waals surface area contributed by atoms with Crippen molar-refractivity contribution in [2.24, 2.45) is 0 Å². The average Bonchev–Trinajstić information content (AvgIpc) is 2.89. The second kappa shape index (κ2) is 11.4. The number of amides is 2. The van der Waals surface area contributed by atoms with E-state index in [2.05, 4.69) is 10.6 Å². The van der Waals surface area contributed by atoms with Gasteiger partial charge in [-0.05, 0) is 60.5 Å². The Kier molecular flexibility index (Phi) is 7.85. The summed E-state index contributed by atoms with van der Waals surface area (Å²) in [5, 5.41) is 5.53. The molecular formula is C29H26N2O3S. The van der Waals surface area contributed by atoms with Gasteiger partial charge in [0.2, 0.25) is 5.91 Å². The van der Waals surface area contributed by atoms with Gasteiger partial charge in [0, 0.05) is 21.8 Å². The number of nitrogens with one attached hydrogen (secondary N) is 2. The fourth-order valence-electron chi connectivity index (χ4n) is 3.56. The van der Waals surface area contributed by atoms with Crippen LogP contribution in [-0.2, 0) is 4.79 Å². The van der Waals surface area contributed by atoms with Gasteiger partial charge in [0.25, 0.3) is 5.91 Å². The molecule has 0 aliphatic heterocycles. The molecule has 0 spiro atoms. The highest BCUT2D eigenvalue weighted by Gasteiger charge is 2.23. The van der Waals surface area contributed by atoms with E-state index in [-0.39, 0.29) is 11.8 Å². The van der Waals surface area contributed by atoms with E-state index in [4.69, 9.17) is 4.74 Å². The molecule has 0 bridgehead atoms. The number of carbonyl (C=O) groups excluding carboxylic acids is 2. The molecule has 4 aromatic rings. The third kappa shape index (κ3) is 6.31. The summed E-state index contributed by atoms with van der Waals surface area (Å²) >= 11 is 1.43. The molecular weight excluding hydrogens is 456 g/mol. The van der Waals surface area contributed by atoms with Crippen molar-refractivity contribution in [3.05, 3.63) is 120 Å². The maximum atomic E-state index is 13.4. The molecule has 35 heavy (non-hydrogen) atoms. The smallest absolute Gasteiger partial charge is 0.255 e. The lowest BCUT2D eigenvalue weighted by atomic mass is 10.1. The van der Waals surface area contributed by atoms with Crippen molar-refractivity contribution in [2.45, 2.75) is 17.1 Å². The van der Waals surface area contributed by atoms with Crippen molar-refractivity contribution in [2.75, 3.05) is 17.7 Å². The fourth-order valence-corrected chi connectivity index (χ4v) is 4.65. The van der Waals surface area contributed by atoms with Crippen molar-refractivity contribution in [3.8, 4) is 5.75 Å². The second-order valence-electron chi connectivity index (χ2n) is 7.93. The molecule has 0 aromatic heterocycles. The number of thioether (sulfide) groups is 1. The highest BCUT2D eigenvalue weighted by Crippen LogP contribution is 2.37. The first-order valence-corrected chi connectivity index (χ1v) is 12.0. The molecule has 0 aliphatic rings. The average molecular weight is 483 g/mol. The summed E-state index contributed by atoms with van der Waals surface area (Å²) in [5.41, 5.74) is 3.84. The van der Waals surface area contributed by atoms with Gasteiger partial charge in [0.1, 0.15) is 11.0 Å². The van der Waals surface area contributed by atoms with Crippen LogP contribution in [0.2, 0.25) is 0 Å². The summed E-state index contributed by atoms with van der Waals surface area (Å²) in [7, 11) is 1.57. The monoisotopic (exact) mass is 482 g/mol. The molecule has 0 saturated heterocycles. The molecule has 0 radical (unpaired) electrons. The highest BCUT2D eigenvalue weighted by molar-refractivity contribution is 8.00. The molecule has 4 aromatic carbocycles. The number of hydrogen-bond acceptors (Lipinski definition) is 4. The number of aryl methyl sites for hydroxylation is 1. The Balaban J connectivity index is 1.54. The zero-order valence-corrected chi connectivity index (χ0v) is 20.3. The van der Waals surface area contributed by atoms with Crippen molar-refractivity contribution in [1.82, 2.24) is 0 Å². The Labute approximate surface area is 209 Å². The lowest BCUT2D eigenvalue weighted by molar-refractivity contribution is -0.115. The zero-order valence-electron chi connectivity index (χ0n) is 19.5. The standard InChI is InChI=1S/C29H26N2O3S/c1-20-10-6-7-17-26(20)31-29(33)27(21-11-4-3-5-12-21)35-25-16-9-14-23(19-25)30-28(32)22-13-8-15-24(18-22)34-2/h3-19,27H,1-2H3,(H,30,32)(H,31,33). The SMILES string of the molecule is COc1cccc(C(=O)Nc2cccc(SC(C(=O)Nc3ccccc3C)c3ccccc3)c2)c1. The fraction of sp³-hybridized carbons (Fsp3) is 0.103.